The summed E-state index contributed by atoms with van der Waals surface area (Å²) in [4.78, 5) is 24.0. The van der Waals surface area contributed by atoms with E-state index in [0.29, 0.717) is 18.8 Å². The smallest absolute Gasteiger partial charge is 0.328 e. The molecular formula is C17H23NO3. The molecule has 0 bridgehead atoms. The molecule has 0 aromatic heterocycles. The summed E-state index contributed by atoms with van der Waals surface area (Å²) in [7, 11) is 1.35. The Labute approximate surface area is 125 Å². The van der Waals surface area contributed by atoms with Crippen LogP contribution in [0.2, 0.25) is 0 Å². The van der Waals surface area contributed by atoms with Crippen LogP contribution in [-0.2, 0) is 20.7 Å². The Balaban J connectivity index is 1.92. The van der Waals surface area contributed by atoms with Gasteiger partial charge in [-0.05, 0) is 24.3 Å². The van der Waals surface area contributed by atoms with Crippen LogP contribution in [0.3, 0.4) is 0 Å². The second kappa shape index (κ2) is 7.81. The third-order valence-electron chi connectivity index (χ3n) is 4.05. The molecular weight excluding hydrogens is 266 g/mol. The van der Waals surface area contributed by atoms with Crippen LogP contribution < -0.4 is 5.32 Å². The van der Waals surface area contributed by atoms with E-state index < -0.39 is 12.0 Å². The first-order valence-corrected chi connectivity index (χ1v) is 7.60. The average Bonchev–Trinajstić information content (AvgIpc) is 2.99. The van der Waals surface area contributed by atoms with Gasteiger partial charge in [0.05, 0.1) is 7.11 Å². The highest BCUT2D eigenvalue weighted by atomic mass is 16.5. The maximum absolute atomic E-state index is 12.1. The SMILES string of the molecule is COC(=O)[C@H](Cc1ccccc1)NC(=O)CC1CCCC1. The van der Waals surface area contributed by atoms with Crippen molar-refractivity contribution in [2.24, 2.45) is 5.92 Å². The highest BCUT2D eigenvalue weighted by Gasteiger charge is 2.24. The van der Waals surface area contributed by atoms with Gasteiger partial charge in [0, 0.05) is 12.8 Å². The van der Waals surface area contributed by atoms with Gasteiger partial charge in [0.15, 0.2) is 0 Å². The molecule has 0 unspecified atom stereocenters. The van der Waals surface area contributed by atoms with Crippen molar-refractivity contribution in [1.82, 2.24) is 5.32 Å². The summed E-state index contributed by atoms with van der Waals surface area (Å²) in [5.41, 5.74) is 1.01. The number of rotatable bonds is 6. The number of benzene rings is 1. The van der Waals surface area contributed by atoms with E-state index >= 15 is 0 Å². The van der Waals surface area contributed by atoms with Crippen molar-refractivity contribution < 1.29 is 14.3 Å². The highest BCUT2D eigenvalue weighted by Crippen LogP contribution is 2.27. The third kappa shape index (κ3) is 4.88. The molecule has 1 amide bonds. The van der Waals surface area contributed by atoms with Crippen molar-refractivity contribution in [2.45, 2.75) is 44.6 Å². The van der Waals surface area contributed by atoms with Gasteiger partial charge in [-0.15, -0.1) is 0 Å². The molecule has 0 heterocycles. The number of carbonyl (C=O) groups excluding carboxylic acids is 2. The molecule has 1 aromatic rings. The van der Waals surface area contributed by atoms with Gasteiger partial charge in [0.1, 0.15) is 6.04 Å². The zero-order chi connectivity index (χ0) is 15.1. The summed E-state index contributed by atoms with van der Waals surface area (Å²) < 4.78 is 4.80. The lowest BCUT2D eigenvalue weighted by Crippen LogP contribution is -2.43. The van der Waals surface area contributed by atoms with Crippen LogP contribution in [0.1, 0.15) is 37.7 Å². The number of nitrogens with one attached hydrogen (secondary N) is 1. The van der Waals surface area contributed by atoms with Gasteiger partial charge in [-0.2, -0.15) is 0 Å². The molecule has 1 aliphatic rings. The molecule has 1 atom stereocenters. The van der Waals surface area contributed by atoms with Gasteiger partial charge < -0.3 is 10.1 Å². The zero-order valence-corrected chi connectivity index (χ0v) is 12.5. The number of amides is 1. The predicted molar refractivity (Wildman–Crippen MR) is 80.7 cm³/mol. The molecule has 0 spiro atoms. The van der Waals surface area contributed by atoms with Crippen molar-refractivity contribution in [3.05, 3.63) is 35.9 Å². The van der Waals surface area contributed by atoms with Crippen molar-refractivity contribution >= 4 is 11.9 Å². The standard InChI is InChI=1S/C17H23NO3/c1-21-17(20)15(11-13-7-3-2-4-8-13)18-16(19)12-14-9-5-6-10-14/h2-4,7-8,14-15H,5-6,9-12H2,1H3,(H,18,19)/t15-/m0/s1. The fraction of sp³-hybridized carbons (Fsp3) is 0.529. The lowest BCUT2D eigenvalue weighted by molar-refractivity contribution is -0.145. The number of esters is 1. The van der Waals surface area contributed by atoms with E-state index in [1.165, 1.54) is 20.0 Å². The minimum atomic E-state index is -0.605. The first kappa shape index (κ1) is 15.5. The van der Waals surface area contributed by atoms with Crippen LogP contribution in [0.25, 0.3) is 0 Å². The first-order valence-electron chi connectivity index (χ1n) is 7.60. The predicted octanol–water partition coefficient (Wildman–Crippen LogP) is 2.47. The van der Waals surface area contributed by atoms with Gasteiger partial charge in [0.25, 0.3) is 0 Å². The minimum Gasteiger partial charge on any atom is -0.467 e. The van der Waals surface area contributed by atoms with Gasteiger partial charge in [-0.1, -0.05) is 43.2 Å². The van der Waals surface area contributed by atoms with Gasteiger partial charge in [-0.3, -0.25) is 4.79 Å². The maximum Gasteiger partial charge on any atom is 0.328 e. The monoisotopic (exact) mass is 289 g/mol. The molecule has 1 fully saturated rings. The van der Waals surface area contributed by atoms with Crippen molar-refractivity contribution in [2.75, 3.05) is 7.11 Å². The quantitative estimate of drug-likeness (QED) is 0.819. The van der Waals surface area contributed by atoms with E-state index in [0.717, 1.165) is 18.4 Å². The van der Waals surface area contributed by atoms with Crippen LogP contribution in [0.5, 0.6) is 0 Å². The van der Waals surface area contributed by atoms with E-state index in [2.05, 4.69) is 5.32 Å². The van der Waals surface area contributed by atoms with E-state index in [-0.39, 0.29) is 5.91 Å². The molecule has 1 N–H and O–H groups in total. The number of hydrogen-bond donors (Lipinski definition) is 1. The molecule has 114 valence electrons. The maximum atomic E-state index is 12.1. The Morgan fingerprint density at radius 2 is 1.90 bits per heavy atom. The minimum absolute atomic E-state index is 0.0479. The summed E-state index contributed by atoms with van der Waals surface area (Å²) in [6.45, 7) is 0. The lowest BCUT2D eigenvalue weighted by atomic mass is 10.0. The molecule has 21 heavy (non-hydrogen) atoms. The number of carbonyl (C=O) groups is 2. The van der Waals surface area contributed by atoms with E-state index in [1.54, 1.807) is 0 Å². The number of hydrogen-bond acceptors (Lipinski definition) is 3. The number of methoxy groups -OCH3 is 1. The summed E-state index contributed by atoms with van der Waals surface area (Å²) in [6, 6.07) is 9.05. The zero-order valence-electron chi connectivity index (χ0n) is 12.5. The lowest BCUT2D eigenvalue weighted by Gasteiger charge is -2.18. The third-order valence-corrected chi connectivity index (χ3v) is 4.05. The Kier molecular flexibility index (Phi) is 5.78. The molecule has 0 aliphatic heterocycles. The van der Waals surface area contributed by atoms with Crippen molar-refractivity contribution in [3.8, 4) is 0 Å². The second-order valence-electron chi connectivity index (χ2n) is 5.69. The molecule has 0 saturated heterocycles. The van der Waals surface area contributed by atoms with E-state index in [9.17, 15) is 9.59 Å². The fourth-order valence-electron chi connectivity index (χ4n) is 2.92. The van der Waals surface area contributed by atoms with Gasteiger partial charge >= 0.3 is 5.97 Å². The second-order valence-corrected chi connectivity index (χ2v) is 5.69. The van der Waals surface area contributed by atoms with Crippen LogP contribution in [0, 0.1) is 5.92 Å². The highest BCUT2D eigenvalue weighted by molar-refractivity contribution is 5.84. The molecule has 2 rings (SSSR count). The van der Waals surface area contributed by atoms with Crippen LogP contribution >= 0.6 is 0 Å². The van der Waals surface area contributed by atoms with Crippen LogP contribution in [-0.4, -0.2) is 25.0 Å². The molecule has 1 aromatic carbocycles. The molecule has 1 saturated carbocycles. The Hall–Kier alpha value is -1.84. The van der Waals surface area contributed by atoms with Crippen LogP contribution in [0.4, 0.5) is 0 Å². The molecule has 1 aliphatic carbocycles. The van der Waals surface area contributed by atoms with Crippen molar-refractivity contribution in [3.63, 3.8) is 0 Å². The average molecular weight is 289 g/mol. The summed E-state index contributed by atoms with van der Waals surface area (Å²) >= 11 is 0. The molecule has 4 nitrogen and oxygen atoms in total. The van der Waals surface area contributed by atoms with E-state index in [4.69, 9.17) is 4.74 Å². The largest absolute Gasteiger partial charge is 0.467 e. The Morgan fingerprint density at radius 3 is 2.52 bits per heavy atom. The normalized spacial score (nSPS) is 16.4. The summed E-state index contributed by atoms with van der Waals surface area (Å²) in [5.74, 6) is 0.0341. The summed E-state index contributed by atoms with van der Waals surface area (Å²) in [5, 5.41) is 2.83. The topological polar surface area (TPSA) is 55.4 Å². The first-order chi connectivity index (χ1) is 10.2. The van der Waals surface area contributed by atoms with Crippen molar-refractivity contribution in [1.29, 1.82) is 0 Å². The van der Waals surface area contributed by atoms with Gasteiger partial charge in [0.2, 0.25) is 5.91 Å². The molecule has 4 heteroatoms. The fourth-order valence-corrected chi connectivity index (χ4v) is 2.92. The Bertz CT molecular complexity index is 466. The number of ether oxygens (including phenoxy) is 1. The van der Waals surface area contributed by atoms with Gasteiger partial charge in [-0.25, -0.2) is 4.79 Å². The molecule has 0 radical (unpaired) electrons. The Morgan fingerprint density at radius 1 is 1.24 bits per heavy atom. The van der Waals surface area contributed by atoms with Crippen LogP contribution in [0.15, 0.2) is 30.3 Å². The summed E-state index contributed by atoms with van der Waals surface area (Å²) in [6.07, 6.45) is 5.64. The van der Waals surface area contributed by atoms with E-state index in [1.807, 2.05) is 30.3 Å².